The number of ether oxygens (including phenoxy) is 3. The maximum atomic E-state index is 14.9. The Hall–Kier alpha value is -3.04. The van der Waals surface area contributed by atoms with Crippen LogP contribution in [-0.4, -0.2) is 34.3 Å². The van der Waals surface area contributed by atoms with Crippen LogP contribution in [0.1, 0.15) is 24.5 Å². The van der Waals surface area contributed by atoms with Crippen LogP contribution in [0, 0.1) is 12.7 Å². The molecule has 0 bridgehead atoms. The summed E-state index contributed by atoms with van der Waals surface area (Å²) in [5.41, 5.74) is 3.32. The molecule has 0 spiro atoms. The van der Waals surface area contributed by atoms with Crippen molar-refractivity contribution in [1.82, 2.24) is 15.0 Å². The van der Waals surface area contributed by atoms with Crippen LogP contribution in [0.2, 0.25) is 0 Å². The highest BCUT2D eigenvalue weighted by atomic mass is 35.5. The number of aromatic nitrogens is 3. The zero-order chi connectivity index (χ0) is 22.8. The molecule has 166 valence electrons. The standard InChI is InChI=1S/C22H19ClFN3O4S/c1-4-5-12-19(30-10-31-22(23)28)14(24)8-16-20(12)32-21(27-16)13-6-11(2)7-15-18(13)25-9-17(26-15)29-3/h6-9H,4-5,10H2,1-3H3. The molecule has 32 heavy (non-hydrogen) atoms. The minimum atomic E-state index is -1.02. The maximum Gasteiger partial charge on any atom is 0.406 e. The lowest BCUT2D eigenvalue weighted by molar-refractivity contribution is 0.0726. The van der Waals surface area contributed by atoms with Gasteiger partial charge in [-0.15, -0.1) is 11.3 Å². The summed E-state index contributed by atoms with van der Waals surface area (Å²) in [6.45, 7) is 3.47. The van der Waals surface area contributed by atoms with Crippen molar-refractivity contribution in [2.24, 2.45) is 0 Å². The first-order valence-corrected chi connectivity index (χ1v) is 11.0. The van der Waals surface area contributed by atoms with E-state index in [9.17, 15) is 9.18 Å². The molecular formula is C22H19ClFN3O4S. The summed E-state index contributed by atoms with van der Waals surface area (Å²) in [6, 6.07) is 5.22. The topological polar surface area (TPSA) is 83.4 Å². The van der Waals surface area contributed by atoms with Crippen molar-refractivity contribution >= 4 is 49.6 Å². The van der Waals surface area contributed by atoms with E-state index in [4.69, 9.17) is 21.1 Å². The van der Waals surface area contributed by atoms with E-state index in [-0.39, 0.29) is 5.75 Å². The predicted molar refractivity (Wildman–Crippen MR) is 121 cm³/mol. The lowest BCUT2D eigenvalue weighted by atomic mass is 10.1. The summed E-state index contributed by atoms with van der Waals surface area (Å²) in [7, 11) is 1.54. The quantitative estimate of drug-likeness (QED) is 0.238. The molecule has 0 atom stereocenters. The van der Waals surface area contributed by atoms with Crippen LogP contribution in [0.5, 0.6) is 11.6 Å². The van der Waals surface area contributed by atoms with Crippen molar-refractivity contribution in [2.45, 2.75) is 26.7 Å². The van der Waals surface area contributed by atoms with Crippen molar-refractivity contribution < 1.29 is 23.4 Å². The molecule has 0 unspecified atom stereocenters. The molecule has 4 rings (SSSR count). The van der Waals surface area contributed by atoms with Gasteiger partial charge in [0.2, 0.25) is 12.7 Å². The Balaban J connectivity index is 1.87. The highest BCUT2D eigenvalue weighted by Gasteiger charge is 2.20. The number of rotatable bonds is 7. The third-order valence-electron chi connectivity index (χ3n) is 4.77. The van der Waals surface area contributed by atoms with Crippen LogP contribution in [0.3, 0.4) is 0 Å². The van der Waals surface area contributed by atoms with E-state index in [1.54, 1.807) is 6.20 Å². The lowest BCUT2D eigenvalue weighted by Crippen LogP contribution is -2.07. The average Bonchev–Trinajstić information content (AvgIpc) is 3.17. The second kappa shape index (κ2) is 9.22. The molecule has 2 heterocycles. The second-order valence-corrected chi connectivity index (χ2v) is 8.33. The van der Waals surface area contributed by atoms with Crippen LogP contribution in [-0.2, 0) is 11.2 Å². The minimum Gasteiger partial charge on any atom is -0.480 e. The van der Waals surface area contributed by atoms with Gasteiger partial charge in [-0.05, 0) is 31.0 Å². The third-order valence-corrected chi connectivity index (χ3v) is 6.04. The van der Waals surface area contributed by atoms with Gasteiger partial charge in [-0.1, -0.05) is 13.3 Å². The Labute approximate surface area is 192 Å². The molecule has 0 amide bonds. The van der Waals surface area contributed by atoms with E-state index < -0.39 is 18.0 Å². The molecule has 4 aromatic rings. The number of aryl methyl sites for hydroxylation is 2. The van der Waals surface area contributed by atoms with Crippen LogP contribution in [0.4, 0.5) is 9.18 Å². The number of thiazole rings is 1. The van der Waals surface area contributed by atoms with Crippen LogP contribution >= 0.6 is 22.9 Å². The molecule has 2 aromatic carbocycles. The molecule has 7 nitrogen and oxygen atoms in total. The summed E-state index contributed by atoms with van der Waals surface area (Å²) < 4.78 is 30.9. The van der Waals surface area contributed by atoms with Crippen molar-refractivity contribution in [3.63, 3.8) is 0 Å². The van der Waals surface area contributed by atoms with Gasteiger partial charge in [0.25, 0.3) is 0 Å². The number of nitrogens with zero attached hydrogens (tertiary/aromatic N) is 3. The fourth-order valence-corrected chi connectivity index (χ4v) is 4.65. The summed E-state index contributed by atoms with van der Waals surface area (Å²) in [6.07, 6.45) is 2.88. The van der Waals surface area contributed by atoms with Crippen molar-refractivity contribution in [1.29, 1.82) is 0 Å². The number of methoxy groups -OCH3 is 1. The number of carbonyl (C=O) groups is 1. The van der Waals surface area contributed by atoms with E-state index in [1.807, 2.05) is 26.0 Å². The maximum absolute atomic E-state index is 14.9. The summed E-state index contributed by atoms with van der Waals surface area (Å²) in [5.74, 6) is -0.127. The summed E-state index contributed by atoms with van der Waals surface area (Å²) in [5, 5.41) is 0.689. The first-order valence-electron chi connectivity index (χ1n) is 9.80. The van der Waals surface area contributed by atoms with Crippen molar-refractivity contribution in [3.05, 3.63) is 41.3 Å². The molecule has 10 heteroatoms. The Kier molecular flexibility index (Phi) is 6.38. The van der Waals surface area contributed by atoms with Gasteiger partial charge in [0, 0.05) is 28.8 Å². The Morgan fingerprint density at radius 2 is 2.03 bits per heavy atom. The molecule has 0 saturated heterocycles. The van der Waals surface area contributed by atoms with E-state index in [2.05, 4.69) is 19.7 Å². The number of carbonyl (C=O) groups excluding carboxylic acids is 1. The van der Waals surface area contributed by atoms with E-state index in [1.165, 1.54) is 24.5 Å². The Bertz CT molecular complexity index is 1330. The predicted octanol–water partition coefficient (Wildman–Crippen LogP) is 6.03. The third kappa shape index (κ3) is 4.31. The fourth-order valence-electron chi connectivity index (χ4n) is 3.47. The normalized spacial score (nSPS) is 11.2. The number of hydrogen-bond acceptors (Lipinski definition) is 8. The Morgan fingerprint density at radius 1 is 1.22 bits per heavy atom. The van der Waals surface area contributed by atoms with Gasteiger partial charge in [0.1, 0.15) is 5.01 Å². The summed E-state index contributed by atoms with van der Waals surface area (Å²) in [4.78, 5) is 24.5. The van der Waals surface area contributed by atoms with E-state index in [0.29, 0.717) is 39.4 Å². The van der Waals surface area contributed by atoms with Crippen LogP contribution < -0.4 is 9.47 Å². The smallest absolute Gasteiger partial charge is 0.406 e. The number of hydrogen-bond donors (Lipinski definition) is 0. The van der Waals surface area contributed by atoms with Crippen LogP contribution in [0.25, 0.3) is 31.8 Å². The van der Waals surface area contributed by atoms with Crippen molar-refractivity contribution in [3.8, 4) is 22.2 Å². The minimum absolute atomic E-state index is 0.0334. The number of benzene rings is 2. The zero-order valence-corrected chi connectivity index (χ0v) is 19.1. The van der Waals surface area contributed by atoms with Crippen molar-refractivity contribution in [2.75, 3.05) is 13.9 Å². The van der Waals surface area contributed by atoms with E-state index >= 15 is 0 Å². The first-order chi connectivity index (χ1) is 15.4. The first kappa shape index (κ1) is 22.2. The molecule has 0 fully saturated rings. The number of halogens is 2. The molecule has 2 aromatic heterocycles. The van der Waals surface area contributed by atoms with Gasteiger partial charge < -0.3 is 14.2 Å². The summed E-state index contributed by atoms with van der Waals surface area (Å²) >= 11 is 6.59. The SMILES string of the molecule is CCCc1c(OCOC(=O)Cl)c(F)cc2nc(-c3cc(C)cc4nc(OC)cnc34)sc12. The monoisotopic (exact) mass is 475 g/mol. The molecule has 0 radical (unpaired) electrons. The van der Waals surface area contributed by atoms with Gasteiger partial charge >= 0.3 is 5.43 Å². The van der Waals surface area contributed by atoms with Gasteiger partial charge in [-0.3, -0.25) is 0 Å². The Morgan fingerprint density at radius 3 is 2.75 bits per heavy atom. The largest absolute Gasteiger partial charge is 0.480 e. The zero-order valence-electron chi connectivity index (χ0n) is 17.6. The molecular weight excluding hydrogens is 457 g/mol. The van der Waals surface area contributed by atoms with Gasteiger partial charge in [-0.25, -0.2) is 24.1 Å². The molecule has 0 aliphatic rings. The lowest BCUT2D eigenvalue weighted by Gasteiger charge is -2.12. The van der Waals surface area contributed by atoms with Gasteiger partial charge in [0.05, 0.1) is 34.6 Å². The van der Waals surface area contributed by atoms with Gasteiger partial charge in [-0.2, -0.15) is 0 Å². The second-order valence-electron chi connectivity index (χ2n) is 7.02. The molecule has 0 N–H and O–H groups in total. The van der Waals surface area contributed by atoms with Crippen LogP contribution in [0.15, 0.2) is 24.4 Å². The number of fused-ring (bicyclic) bond motifs is 2. The van der Waals surface area contributed by atoms with Gasteiger partial charge in [0.15, 0.2) is 11.6 Å². The molecule has 0 aliphatic carbocycles. The average molecular weight is 476 g/mol. The highest BCUT2D eigenvalue weighted by molar-refractivity contribution is 7.22. The van der Waals surface area contributed by atoms with E-state index in [0.717, 1.165) is 22.2 Å². The molecule has 0 aliphatic heterocycles. The fraction of sp³-hybridized carbons (Fsp3) is 0.273. The highest BCUT2D eigenvalue weighted by Crippen LogP contribution is 2.40. The molecule has 0 saturated carbocycles.